The van der Waals surface area contributed by atoms with Gasteiger partial charge in [0.2, 0.25) is 0 Å². The van der Waals surface area contributed by atoms with Gasteiger partial charge in [0.15, 0.2) is 5.65 Å². The second-order valence-corrected chi connectivity index (χ2v) is 4.02. The van der Waals surface area contributed by atoms with Gasteiger partial charge in [-0.2, -0.15) is 19.8 Å². The van der Waals surface area contributed by atoms with Gasteiger partial charge in [-0.15, -0.1) is 0 Å². The van der Waals surface area contributed by atoms with Crippen molar-refractivity contribution in [1.29, 1.82) is 0 Å². The van der Waals surface area contributed by atoms with E-state index in [1.165, 1.54) is 0 Å². The summed E-state index contributed by atoms with van der Waals surface area (Å²) in [5.74, 6) is 0.896. The smallest absolute Gasteiger partial charge is 0.157 e. The molecule has 6 heteroatoms. The summed E-state index contributed by atoms with van der Waals surface area (Å²) in [6.07, 6.45) is 3.20. The molecule has 0 unspecified atom stereocenters. The quantitative estimate of drug-likeness (QED) is 0.750. The third-order valence-corrected chi connectivity index (χ3v) is 2.60. The first-order valence-corrected chi connectivity index (χ1v) is 5.64. The Morgan fingerprint density at radius 2 is 2.28 bits per heavy atom. The lowest BCUT2D eigenvalue weighted by Crippen LogP contribution is -2.07. The first-order chi connectivity index (χ1) is 8.83. The highest BCUT2D eigenvalue weighted by atomic mass is 15.3. The van der Waals surface area contributed by atoms with Crippen LogP contribution in [0.1, 0.15) is 11.3 Å². The summed E-state index contributed by atoms with van der Waals surface area (Å²) < 4.78 is 1.77. The van der Waals surface area contributed by atoms with Crippen molar-refractivity contribution in [3.05, 3.63) is 48.0 Å². The number of nitrogens with one attached hydrogen (secondary N) is 1. The molecule has 3 heterocycles. The van der Waals surface area contributed by atoms with Crippen LogP contribution in [0.2, 0.25) is 0 Å². The largest absolute Gasteiger partial charge is 0.364 e. The molecule has 0 aliphatic rings. The van der Waals surface area contributed by atoms with E-state index in [1.54, 1.807) is 17.0 Å². The molecule has 3 aromatic rings. The molecule has 18 heavy (non-hydrogen) atoms. The maximum Gasteiger partial charge on any atom is 0.157 e. The van der Waals surface area contributed by atoms with Gasteiger partial charge < -0.3 is 5.32 Å². The lowest BCUT2D eigenvalue weighted by molar-refractivity contribution is 0.896. The van der Waals surface area contributed by atoms with E-state index in [0.717, 1.165) is 22.7 Å². The van der Waals surface area contributed by atoms with Crippen LogP contribution in [-0.4, -0.2) is 24.8 Å². The molecule has 0 atom stereocenters. The van der Waals surface area contributed by atoms with Crippen LogP contribution in [0.5, 0.6) is 0 Å². The van der Waals surface area contributed by atoms with Crippen molar-refractivity contribution in [2.45, 2.75) is 13.5 Å². The van der Waals surface area contributed by atoms with Crippen molar-refractivity contribution >= 4 is 11.5 Å². The van der Waals surface area contributed by atoms with Crippen LogP contribution in [0.3, 0.4) is 0 Å². The Bertz CT molecular complexity index is 661. The lowest BCUT2D eigenvalue weighted by atomic mass is 10.3. The second-order valence-electron chi connectivity index (χ2n) is 4.02. The Hall–Kier alpha value is -2.50. The van der Waals surface area contributed by atoms with Crippen LogP contribution in [0.25, 0.3) is 5.65 Å². The van der Waals surface area contributed by atoms with Crippen LogP contribution in [0.4, 0.5) is 5.82 Å². The molecule has 3 aromatic heterocycles. The first-order valence-electron chi connectivity index (χ1n) is 5.64. The second kappa shape index (κ2) is 4.40. The number of anilines is 1. The number of rotatable bonds is 3. The molecule has 0 aliphatic heterocycles. The van der Waals surface area contributed by atoms with Gasteiger partial charge >= 0.3 is 0 Å². The zero-order valence-corrected chi connectivity index (χ0v) is 9.91. The Morgan fingerprint density at radius 1 is 1.33 bits per heavy atom. The number of pyridine rings is 1. The zero-order valence-electron chi connectivity index (χ0n) is 9.91. The number of hydrogen-bond donors (Lipinski definition) is 1. The Kier molecular flexibility index (Phi) is 2.60. The zero-order chi connectivity index (χ0) is 12.4. The van der Waals surface area contributed by atoms with E-state index in [0.29, 0.717) is 6.54 Å². The molecule has 0 saturated carbocycles. The van der Waals surface area contributed by atoms with Gasteiger partial charge in [-0.25, -0.2) is 4.98 Å². The molecule has 0 aliphatic carbocycles. The molecule has 0 spiro atoms. The predicted molar refractivity (Wildman–Crippen MR) is 67.1 cm³/mol. The Morgan fingerprint density at radius 3 is 3.11 bits per heavy atom. The van der Waals surface area contributed by atoms with Crippen molar-refractivity contribution in [2.24, 2.45) is 0 Å². The fraction of sp³-hybridized carbons (Fsp3) is 0.167. The minimum Gasteiger partial charge on any atom is -0.364 e. The van der Waals surface area contributed by atoms with Gasteiger partial charge in [-0.1, -0.05) is 0 Å². The van der Waals surface area contributed by atoms with Crippen molar-refractivity contribution in [3.8, 4) is 0 Å². The van der Waals surface area contributed by atoms with E-state index in [4.69, 9.17) is 0 Å². The van der Waals surface area contributed by atoms with E-state index in [2.05, 4.69) is 25.6 Å². The van der Waals surface area contributed by atoms with Crippen molar-refractivity contribution < 1.29 is 0 Å². The van der Waals surface area contributed by atoms with Gasteiger partial charge in [-0.05, 0) is 36.8 Å². The number of nitrogens with zero attached hydrogens (tertiary/aromatic N) is 5. The molecule has 0 fully saturated rings. The highest BCUT2D eigenvalue weighted by Crippen LogP contribution is 2.13. The average molecular weight is 240 g/mol. The monoisotopic (exact) mass is 240 g/mol. The van der Waals surface area contributed by atoms with Gasteiger partial charge in [0.05, 0.1) is 12.2 Å². The maximum atomic E-state index is 4.18. The molecule has 1 N–H and O–H groups in total. The lowest BCUT2D eigenvalue weighted by Gasteiger charge is -2.08. The number of hydrogen-bond acceptors (Lipinski definition) is 5. The standard InChI is InChI=1S/C12H12N6/c1-9-5-11(18-12(6-9)14-8-16-18)13-7-10-3-2-4-15-17-10/h2-6,8,13H,7H2,1H3. The Balaban J connectivity index is 1.88. The third kappa shape index (κ3) is 2.00. The summed E-state index contributed by atoms with van der Waals surface area (Å²) in [7, 11) is 0. The van der Waals surface area contributed by atoms with E-state index < -0.39 is 0 Å². The normalized spacial score (nSPS) is 10.7. The van der Waals surface area contributed by atoms with Crippen LogP contribution in [0.15, 0.2) is 36.8 Å². The van der Waals surface area contributed by atoms with Gasteiger partial charge in [0.25, 0.3) is 0 Å². The van der Waals surface area contributed by atoms with Gasteiger partial charge in [0, 0.05) is 6.20 Å². The molecule has 90 valence electrons. The van der Waals surface area contributed by atoms with Crippen molar-refractivity contribution in [1.82, 2.24) is 24.8 Å². The highest BCUT2D eigenvalue weighted by molar-refractivity contribution is 5.51. The van der Waals surface area contributed by atoms with E-state index >= 15 is 0 Å². The van der Waals surface area contributed by atoms with Gasteiger partial charge in [-0.3, -0.25) is 0 Å². The SMILES string of the molecule is Cc1cc(NCc2cccnn2)n2ncnc2c1. The summed E-state index contributed by atoms with van der Waals surface area (Å²) in [5, 5.41) is 15.3. The van der Waals surface area contributed by atoms with Crippen molar-refractivity contribution in [3.63, 3.8) is 0 Å². The molecule has 3 rings (SSSR count). The number of aryl methyl sites for hydroxylation is 1. The van der Waals surface area contributed by atoms with E-state index in [9.17, 15) is 0 Å². The molecule has 6 nitrogen and oxygen atoms in total. The predicted octanol–water partition coefficient (Wildman–Crippen LogP) is 1.44. The first kappa shape index (κ1) is 10.6. The van der Waals surface area contributed by atoms with Gasteiger partial charge in [0.1, 0.15) is 12.1 Å². The van der Waals surface area contributed by atoms with Crippen LogP contribution in [0, 0.1) is 6.92 Å². The average Bonchev–Trinajstić information content (AvgIpc) is 2.85. The molecule has 0 aromatic carbocycles. The van der Waals surface area contributed by atoms with E-state index in [-0.39, 0.29) is 0 Å². The van der Waals surface area contributed by atoms with Crippen LogP contribution in [-0.2, 0) is 6.54 Å². The summed E-state index contributed by atoms with van der Waals surface area (Å²) in [5.41, 5.74) is 2.85. The summed E-state index contributed by atoms with van der Waals surface area (Å²) >= 11 is 0. The molecule has 0 saturated heterocycles. The summed E-state index contributed by atoms with van der Waals surface area (Å²) in [4.78, 5) is 4.18. The molecule has 0 bridgehead atoms. The number of fused-ring (bicyclic) bond motifs is 1. The minimum atomic E-state index is 0.603. The fourth-order valence-electron chi connectivity index (χ4n) is 1.79. The maximum absolute atomic E-state index is 4.18. The molecule has 0 amide bonds. The van der Waals surface area contributed by atoms with E-state index in [1.807, 2.05) is 31.2 Å². The molecule has 0 radical (unpaired) electrons. The summed E-state index contributed by atoms with van der Waals surface area (Å²) in [6.45, 7) is 2.63. The fourth-order valence-corrected chi connectivity index (χ4v) is 1.79. The third-order valence-electron chi connectivity index (χ3n) is 2.60. The Labute approximate surface area is 104 Å². The minimum absolute atomic E-state index is 0.603. The topological polar surface area (TPSA) is 68.0 Å². The molecular weight excluding hydrogens is 228 g/mol. The summed E-state index contributed by atoms with van der Waals surface area (Å²) in [6, 6.07) is 7.80. The van der Waals surface area contributed by atoms with Crippen LogP contribution < -0.4 is 5.32 Å². The van der Waals surface area contributed by atoms with Crippen LogP contribution >= 0.6 is 0 Å². The number of aromatic nitrogens is 5. The highest BCUT2D eigenvalue weighted by Gasteiger charge is 2.04. The van der Waals surface area contributed by atoms with Crippen molar-refractivity contribution in [2.75, 3.05) is 5.32 Å². The molecular formula is C12H12N6.